The number of nitrogens with one attached hydrogen (secondary N) is 1. The van der Waals surface area contributed by atoms with E-state index in [0.29, 0.717) is 18.4 Å². The van der Waals surface area contributed by atoms with Crippen LogP contribution in [0.5, 0.6) is 0 Å². The fourth-order valence-electron chi connectivity index (χ4n) is 4.12. The van der Waals surface area contributed by atoms with Crippen molar-refractivity contribution in [1.29, 1.82) is 0 Å². The number of nitrogens with zero attached hydrogens (tertiary/aromatic N) is 1. The van der Waals surface area contributed by atoms with Gasteiger partial charge in [-0.1, -0.05) is 18.2 Å². The molecular formula is C17H21F3N2O3S. The second-order valence-corrected chi connectivity index (χ2v) is 8.98. The Bertz CT molecular complexity index is 781. The van der Waals surface area contributed by atoms with Crippen LogP contribution in [-0.2, 0) is 27.4 Å². The first-order chi connectivity index (χ1) is 12.0. The topological polar surface area (TPSA) is 66.5 Å². The number of piperidine rings is 1. The molecule has 144 valence electrons. The summed E-state index contributed by atoms with van der Waals surface area (Å²) in [5.41, 5.74) is -0.476. The van der Waals surface area contributed by atoms with Crippen LogP contribution < -0.4 is 5.32 Å². The standard InChI is InChI=1S/C17H21F3N2O3S/c1-26(24,25)22-14-5-6-15(22)10-13(9-14)21-16(23)8-11-3-2-4-12(7-11)17(18,19)20/h2-4,7,13-15H,5-6,8-10H2,1H3,(H,21,23). The lowest BCUT2D eigenvalue weighted by Crippen LogP contribution is -2.52. The molecular weight excluding hydrogens is 369 g/mol. The van der Waals surface area contributed by atoms with Crippen LogP contribution in [0.3, 0.4) is 0 Å². The van der Waals surface area contributed by atoms with E-state index < -0.39 is 21.8 Å². The summed E-state index contributed by atoms with van der Waals surface area (Å²) in [6.45, 7) is 0. The molecule has 2 atom stereocenters. The number of sulfonamides is 1. The summed E-state index contributed by atoms with van der Waals surface area (Å²) in [5.74, 6) is -0.346. The van der Waals surface area contributed by atoms with E-state index in [9.17, 15) is 26.4 Å². The van der Waals surface area contributed by atoms with E-state index in [4.69, 9.17) is 0 Å². The van der Waals surface area contributed by atoms with E-state index >= 15 is 0 Å². The average molecular weight is 390 g/mol. The molecule has 2 unspecified atom stereocenters. The van der Waals surface area contributed by atoms with Crippen LogP contribution in [0.4, 0.5) is 13.2 Å². The monoisotopic (exact) mass is 390 g/mol. The molecule has 0 saturated carbocycles. The Morgan fingerprint density at radius 2 is 1.85 bits per heavy atom. The van der Waals surface area contributed by atoms with Crippen LogP contribution in [0.15, 0.2) is 24.3 Å². The van der Waals surface area contributed by atoms with Crippen molar-refractivity contribution in [2.24, 2.45) is 0 Å². The minimum absolute atomic E-state index is 0.109. The van der Waals surface area contributed by atoms with Crippen molar-refractivity contribution in [2.45, 2.75) is 56.4 Å². The van der Waals surface area contributed by atoms with Gasteiger partial charge in [-0.2, -0.15) is 17.5 Å². The smallest absolute Gasteiger partial charge is 0.353 e. The first-order valence-electron chi connectivity index (χ1n) is 8.48. The third kappa shape index (κ3) is 4.20. The van der Waals surface area contributed by atoms with Gasteiger partial charge in [0.1, 0.15) is 0 Å². The van der Waals surface area contributed by atoms with Gasteiger partial charge in [0, 0.05) is 18.1 Å². The van der Waals surface area contributed by atoms with E-state index in [1.54, 1.807) is 4.31 Å². The number of fused-ring (bicyclic) bond motifs is 2. The van der Waals surface area contributed by atoms with Crippen molar-refractivity contribution in [3.63, 3.8) is 0 Å². The third-order valence-electron chi connectivity index (χ3n) is 5.03. The Hall–Kier alpha value is -1.61. The molecule has 0 radical (unpaired) electrons. The SMILES string of the molecule is CS(=O)(=O)N1C2CCC1CC(NC(=O)Cc1cccc(C(F)(F)F)c1)C2. The van der Waals surface area contributed by atoms with Crippen molar-refractivity contribution < 1.29 is 26.4 Å². The average Bonchev–Trinajstić information content (AvgIpc) is 2.79. The van der Waals surface area contributed by atoms with Gasteiger partial charge in [0.05, 0.1) is 18.2 Å². The zero-order valence-electron chi connectivity index (χ0n) is 14.3. The highest BCUT2D eigenvalue weighted by Crippen LogP contribution is 2.37. The number of carbonyl (C=O) groups excluding carboxylic acids is 1. The van der Waals surface area contributed by atoms with Crippen LogP contribution in [0.2, 0.25) is 0 Å². The third-order valence-corrected chi connectivity index (χ3v) is 6.40. The van der Waals surface area contributed by atoms with E-state index in [1.165, 1.54) is 18.4 Å². The van der Waals surface area contributed by atoms with E-state index in [1.807, 2.05) is 0 Å². The van der Waals surface area contributed by atoms with Gasteiger partial charge in [-0.25, -0.2) is 8.42 Å². The van der Waals surface area contributed by atoms with E-state index in [2.05, 4.69) is 5.32 Å². The maximum atomic E-state index is 12.7. The van der Waals surface area contributed by atoms with E-state index in [0.717, 1.165) is 25.0 Å². The van der Waals surface area contributed by atoms with Crippen LogP contribution in [0.25, 0.3) is 0 Å². The highest BCUT2D eigenvalue weighted by Gasteiger charge is 2.45. The minimum Gasteiger partial charge on any atom is -0.353 e. The minimum atomic E-state index is -4.44. The normalized spacial score (nSPS) is 26.7. The summed E-state index contributed by atoms with van der Waals surface area (Å²) in [6.07, 6.45) is -0.744. The molecule has 3 rings (SSSR count). The molecule has 2 fully saturated rings. The second-order valence-electron chi connectivity index (χ2n) is 7.09. The number of alkyl halides is 3. The molecule has 1 aromatic carbocycles. The Labute approximate surface area is 150 Å². The van der Waals surface area contributed by atoms with Crippen molar-refractivity contribution in [1.82, 2.24) is 9.62 Å². The molecule has 2 bridgehead atoms. The van der Waals surface area contributed by atoms with Crippen molar-refractivity contribution in [3.05, 3.63) is 35.4 Å². The van der Waals surface area contributed by atoms with Gasteiger partial charge in [-0.15, -0.1) is 0 Å². The van der Waals surface area contributed by atoms with Gasteiger partial charge in [0.2, 0.25) is 15.9 Å². The Balaban J connectivity index is 1.60. The lowest BCUT2D eigenvalue weighted by atomic mass is 9.99. The number of carbonyl (C=O) groups is 1. The fourth-order valence-corrected chi connectivity index (χ4v) is 5.58. The first-order valence-corrected chi connectivity index (χ1v) is 10.3. The molecule has 1 N–H and O–H groups in total. The van der Waals surface area contributed by atoms with Gasteiger partial charge in [-0.3, -0.25) is 4.79 Å². The predicted molar refractivity (Wildman–Crippen MR) is 89.8 cm³/mol. The number of hydrogen-bond donors (Lipinski definition) is 1. The van der Waals surface area contributed by atoms with Gasteiger partial charge < -0.3 is 5.32 Å². The lowest BCUT2D eigenvalue weighted by molar-refractivity contribution is -0.137. The Morgan fingerprint density at radius 1 is 1.23 bits per heavy atom. The predicted octanol–water partition coefficient (Wildman–Crippen LogP) is 2.32. The van der Waals surface area contributed by atoms with Crippen LogP contribution >= 0.6 is 0 Å². The lowest BCUT2D eigenvalue weighted by Gasteiger charge is -2.37. The van der Waals surface area contributed by atoms with E-state index in [-0.39, 0.29) is 30.5 Å². The molecule has 1 aromatic rings. The molecule has 9 heteroatoms. The zero-order chi connectivity index (χ0) is 19.1. The van der Waals surface area contributed by atoms with Crippen LogP contribution in [0.1, 0.15) is 36.8 Å². The summed E-state index contributed by atoms with van der Waals surface area (Å²) in [5, 5.41) is 2.86. The summed E-state index contributed by atoms with van der Waals surface area (Å²) in [7, 11) is -3.27. The molecule has 2 aliphatic heterocycles. The number of benzene rings is 1. The van der Waals surface area contributed by atoms with Crippen LogP contribution in [-0.4, -0.2) is 43.0 Å². The number of halogens is 3. The Morgan fingerprint density at radius 3 is 2.38 bits per heavy atom. The number of amides is 1. The van der Waals surface area contributed by atoms with Crippen molar-refractivity contribution in [2.75, 3.05) is 6.26 Å². The summed E-state index contributed by atoms with van der Waals surface area (Å²) >= 11 is 0. The fraction of sp³-hybridized carbons (Fsp3) is 0.588. The van der Waals surface area contributed by atoms with Gasteiger partial charge >= 0.3 is 6.18 Å². The maximum Gasteiger partial charge on any atom is 0.416 e. The quantitative estimate of drug-likeness (QED) is 0.858. The van der Waals surface area contributed by atoms with Crippen LogP contribution in [0, 0.1) is 0 Å². The molecule has 26 heavy (non-hydrogen) atoms. The molecule has 2 heterocycles. The summed E-state index contributed by atoms with van der Waals surface area (Å²) < 4.78 is 63.5. The number of hydrogen-bond acceptors (Lipinski definition) is 3. The highest BCUT2D eigenvalue weighted by molar-refractivity contribution is 7.88. The van der Waals surface area contributed by atoms with Crippen molar-refractivity contribution >= 4 is 15.9 Å². The zero-order valence-corrected chi connectivity index (χ0v) is 15.1. The largest absolute Gasteiger partial charge is 0.416 e. The first kappa shape index (κ1) is 19.2. The van der Waals surface area contributed by atoms with Gasteiger partial charge in [0.15, 0.2) is 0 Å². The van der Waals surface area contributed by atoms with Gasteiger partial charge in [-0.05, 0) is 37.3 Å². The molecule has 5 nitrogen and oxygen atoms in total. The van der Waals surface area contributed by atoms with Crippen molar-refractivity contribution in [3.8, 4) is 0 Å². The highest BCUT2D eigenvalue weighted by atomic mass is 32.2. The molecule has 2 aliphatic rings. The molecule has 2 saturated heterocycles. The summed E-state index contributed by atoms with van der Waals surface area (Å²) in [4.78, 5) is 12.2. The number of rotatable bonds is 4. The van der Waals surface area contributed by atoms with Gasteiger partial charge in [0.25, 0.3) is 0 Å². The molecule has 1 amide bonds. The molecule has 0 spiro atoms. The maximum absolute atomic E-state index is 12.7. The Kier molecular flexibility index (Phi) is 5.04. The molecule has 0 aromatic heterocycles. The summed E-state index contributed by atoms with van der Waals surface area (Å²) in [6, 6.07) is 4.37. The second kappa shape index (κ2) is 6.84. The molecule has 0 aliphatic carbocycles.